The number of benzene rings is 1. The van der Waals surface area contributed by atoms with Crippen molar-refractivity contribution in [3.8, 4) is 0 Å². The molecular weight excluding hydrogens is 358 g/mol. The first-order valence-electron chi connectivity index (χ1n) is 8.06. The summed E-state index contributed by atoms with van der Waals surface area (Å²) in [5.41, 5.74) is 1.01. The number of rotatable bonds is 5. The average molecular weight is 382 g/mol. The lowest BCUT2D eigenvalue weighted by molar-refractivity contribution is -0.144. The van der Waals surface area contributed by atoms with Crippen molar-refractivity contribution in [1.29, 1.82) is 0 Å². The second kappa shape index (κ2) is 7.47. The van der Waals surface area contributed by atoms with Crippen LogP contribution in [-0.4, -0.2) is 23.5 Å². The summed E-state index contributed by atoms with van der Waals surface area (Å²) in [6.45, 7) is 4.79. The van der Waals surface area contributed by atoms with Crippen LogP contribution in [0, 0.1) is 11.8 Å². The minimum Gasteiger partial charge on any atom is -0.481 e. The maximum absolute atomic E-state index is 12.4. The highest BCUT2D eigenvalue weighted by molar-refractivity contribution is 9.10. The van der Waals surface area contributed by atoms with Gasteiger partial charge in [0.2, 0.25) is 5.91 Å². The number of aliphatic carboxylic acids is 1. The molecule has 1 saturated carbocycles. The molecule has 0 aliphatic heterocycles. The van der Waals surface area contributed by atoms with Gasteiger partial charge < -0.3 is 10.4 Å². The molecule has 1 aliphatic carbocycles. The predicted octanol–water partition coefficient (Wildman–Crippen LogP) is 3.73. The van der Waals surface area contributed by atoms with Crippen molar-refractivity contribution in [1.82, 2.24) is 5.32 Å². The summed E-state index contributed by atoms with van der Waals surface area (Å²) in [5.74, 6) is -1.02. The smallest absolute Gasteiger partial charge is 0.306 e. The Balaban J connectivity index is 1.88. The molecule has 0 aromatic heterocycles. The first-order valence-corrected chi connectivity index (χ1v) is 8.85. The number of hydrogen-bond acceptors (Lipinski definition) is 2. The van der Waals surface area contributed by atoms with Gasteiger partial charge >= 0.3 is 5.97 Å². The summed E-state index contributed by atoms with van der Waals surface area (Å²) in [6.07, 6.45) is 2.53. The van der Waals surface area contributed by atoms with Gasteiger partial charge in [0, 0.05) is 22.4 Å². The Kier molecular flexibility index (Phi) is 5.84. The van der Waals surface area contributed by atoms with E-state index in [9.17, 15) is 9.59 Å². The third kappa shape index (κ3) is 4.80. The van der Waals surface area contributed by atoms with Crippen LogP contribution in [0.2, 0.25) is 0 Å². The molecule has 1 aromatic carbocycles. The van der Waals surface area contributed by atoms with E-state index in [1.807, 2.05) is 12.1 Å². The third-order valence-corrected chi connectivity index (χ3v) is 5.25. The van der Waals surface area contributed by atoms with E-state index in [1.165, 1.54) is 5.56 Å². The van der Waals surface area contributed by atoms with Gasteiger partial charge in [-0.3, -0.25) is 9.59 Å². The summed E-state index contributed by atoms with van der Waals surface area (Å²) < 4.78 is 1.03. The Morgan fingerprint density at radius 3 is 2.39 bits per heavy atom. The maximum Gasteiger partial charge on any atom is 0.306 e. The van der Waals surface area contributed by atoms with E-state index in [-0.39, 0.29) is 23.2 Å². The lowest BCUT2D eigenvalue weighted by Crippen LogP contribution is -2.41. The number of amides is 1. The molecule has 1 amide bonds. The highest BCUT2D eigenvalue weighted by Crippen LogP contribution is 2.30. The summed E-state index contributed by atoms with van der Waals surface area (Å²) >= 11 is 3.48. The molecule has 2 rings (SSSR count). The Bertz CT molecular complexity index is 577. The lowest BCUT2D eigenvalue weighted by atomic mass is 9.81. The Morgan fingerprint density at radius 2 is 1.83 bits per heavy atom. The molecule has 1 fully saturated rings. The first-order chi connectivity index (χ1) is 10.8. The van der Waals surface area contributed by atoms with Gasteiger partial charge in [0.05, 0.1) is 5.92 Å². The van der Waals surface area contributed by atoms with Crippen LogP contribution in [-0.2, 0) is 15.0 Å². The molecule has 1 aliphatic rings. The van der Waals surface area contributed by atoms with Crippen LogP contribution in [0.1, 0.15) is 45.1 Å². The lowest BCUT2D eigenvalue weighted by Gasteiger charge is -2.29. The Morgan fingerprint density at radius 1 is 1.22 bits per heavy atom. The SMILES string of the molecule is CC(C)(CNC(=O)C1CCC(C(=O)O)CC1)c1cccc(Br)c1. The van der Waals surface area contributed by atoms with Gasteiger partial charge in [-0.1, -0.05) is 41.9 Å². The predicted molar refractivity (Wildman–Crippen MR) is 93.3 cm³/mol. The average Bonchev–Trinajstić information content (AvgIpc) is 2.53. The molecule has 0 radical (unpaired) electrons. The number of carbonyl (C=O) groups excluding carboxylic acids is 1. The zero-order chi connectivity index (χ0) is 17.0. The van der Waals surface area contributed by atoms with Gasteiger partial charge in [0.1, 0.15) is 0 Å². The van der Waals surface area contributed by atoms with E-state index >= 15 is 0 Å². The molecule has 0 saturated heterocycles. The number of carboxylic acid groups (broad SMARTS) is 1. The van der Waals surface area contributed by atoms with Gasteiger partial charge in [-0.15, -0.1) is 0 Å². The fourth-order valence-corrected chi connectivity index (χ4v) is 3.47. The minimum atomic E-state index is -0.736. The monoisotopic (exact) mass is 381 g/mol. The fraction of sp³-hybridized carbons (Fsp3) is 0.556. The van der Waals surface area contributed by atoms with Gasteiger partial charge in [-0.25, -0.2) is 0 Å². The summed E-state index contributed by atoms with van der Waals surface area (Å²) in [5, 5.41) is 12.1. The molecule has 0 atom stereocenters. The molecule has 5 heteroatoms. The maximum atomic E-state index is 12.4. The van der Waals surface area contributed by atoms with Crippen molar-refractivity contribution < 1.29 is 14.7 Å². The second-order valence-electron chi connectivity index (χ2n) is 7.00. The normalized spacial score (nSPS) is 21.7. The first kappa shape index (κ1) is 18.0. The van der Waals surface area contributed by atoms with Crippen molar-refractivity contribution in [3.05, 3.63) is 34.3 Å². The van der Waals surface area contributed by atoms with Crippen LogP contribution < -0.4 is 5.32 Å². The van der Waals surface area contributed by atoms with E-state index < -0.39 is 5.97 Å². The number of hydrogen-bond donors (Lipinski definition) is 2. The van der Waals surface area contributed by atoms with Crippen LogP contribution >= 0.6 is 15.9 Å². The molecule has 4 nitrogen and oxygen atoms in total. The Labute approximate surface area is 145 Å². The van der Waals surface area contributed by atoms with E-state index in [1.54, 1.807) is 0 Å². The van der Waals surface area contributed by atoms with Gasteiger partial charge in [0.15, 0.2) is 0 Å². The summed E-state index contributed by atoms with van der Waals surface area (Å²) in [7, 11) is 0. The van der Waals surface area contributed by atoms with Crippen molar-refractivity contribution in [2.75, 3.05) is 6.54 Å². The standard InChI is InChI=1S/C18H24BrNO3/c1-18(2,14-4-3-5-15(19)10-14)11-20-16(21)12-6-8-13(9-7-12)17(22)23/h3-5,10,12-13H,6-9,11H2,1-2H3,(H,20,21)(H,22,23). The van der Waals surface area contributed by atoms with Crippen LogP contribution in [0.25, 0.3) is 0 Å². The summed E-state index contributed by atoms with van der Waals surface area (Å²) in [4.78, 5) is 23.3. The van der Waals surface area contributed by atoms with Gasteiger partial charge in [-0.05, 0) is 43.4 Å². The number of carboxylic acids is 1. The zero-order valence-electron chi connectivity index (χ0n) is 13.6. The molecule has 126 valence electrons. The molecule has 0 unspecified atom stereocenters. The van der Waals surface area contributed by atoms with Crippen molar-refractivity contribution in [3.63, 3.8) is 0 Å². The Hall–Kier alpha value is -1.36. The molecule has 0 heterocycles. The van der Waals surface area contributed by atoms with E-state index in [0.29, 0.717) is 32.2 Å². The van der Waals surface area contributed by atoms with E-state index in [0.717, 1.165) is 4.47 Å². The van der Waals surface area contributed by atoms with E-state index in [2.05, 4.69) is 47.2 Å². The molecule has 1 aromatic rings. The van der Waals surface area contributed by atoms with Gasteiger partial charge in [-0.2, -0.15) is 0 Å². The minimum absolute atomic E-state index is 0.0519. The number of halogens is 1. The quantitative estimate of drug-likeness (QED) is 0.816. The highest BCUT2D eigenvalue weighted by atomic mass is 79.9. The number of carbonyl (C=O) groups is 2. The molecular formula is C18H24BrNO3. The molecule has 0 spiro atoms. The topological polar surface area (TPSA) is 66.4 Å². The summed E-state index contributed by atoms with van der Waals surface area (Å²) in [6, 6.07) is 8.12. The molecule has 23 heavy (non-hydrogen) atoms. The van der Waals surface area contributed by atoms with E-state index in [4.69, 9.17) is 5.11 Å². The van der Waals surface area contributed by atoms with Crippen LogP contribution in [0.4, 0.5) is 0 Å². The fourth-order valence-electron chi connectivity index (χ4n) is 3.07. The van der Waals surface area contributed by atoms with Crippen LogP contribution in [0.15, 0.2) is 28.7 Å². The zero-order valence-corrected chi connectivity index (χ0v) is 15.2. The third-order valence-electron chi connectivity index (χ3n) is 4.76. The second-order valence-corrected chi connectivity index (χ2v) is 7.91. The highest BCUT2D eigenvalue weighted by Gasteiger charge is 2.30. The van der Waals surface area contributed by atoms with Crippen LogP contribution in [0.5, 0.6) is 0 Å². The molecule has 0 bridgehead atoms. The number of nitrogens with one attached hydrogen (secondary N) is 1. The van der Waals surface area contributed by atoms with Crippen molar-refractivity contribution >= 4 is 27.8 Å². The van der Waals surface area contributed by atoms with Crippen molar-refractivity contribution in [2.45, 2.75) is 44.9 Å². The molecule has 2 N–H and O–H groups in total. The van der Waals surface area contributed by atoms with Gasteiger partial charge in [0.25, 0.3) is 0 Å². The van der Waals surface area contributed by atoms with Crippen molar-refractivity contribution in [2.24, 2.45) is 11.8 Å². The largest absolute Gasteiger partial charge is 0.481 e. The van der Waals surface area contributed by atoms with Crippen LogP contribution in [0.3, 0.4) is 0 Å².